The quantitative estimate of drug-likeness (QED) is 0.863. The minimum Gasteiger partial charge on any atom is -0.343 e. The zero-order valence-electron chi connectivity index (χ0n) is 11.8. The normalized spacial score (nSPS) is 10.1. The summed E-state index contributed by atoms with van der Waals surface area (Å²) in [6.45, 7) is -0.176. The van der Waals surface area contributed by atoms with Crippen LogP contribution in [0, 0.1) is 0 Å². The summed E-state index contributed by atoms with van der Waals surface area (Å²) >= 11 is 3.30. The molecule has 1 heterocycles. The Bertz CT molecular complexity index is 753. The van der Waals surface area contributed by atoms with Crippen LogP contribution in [0.3, 0.4) is 0 Å². The Hall–Kier alpha value is -2.41. The summed E-state index contributed by atoms with van der Waals surface area (Å²) < 4.78 is 2.27. The number of hydrogen-bond acceptors (Lipinski definition) is 3. The van der Waals surface area contributed by atoms with E-state index in [-0.39, 0.29) is 23.6 Å². The second-order valence-electron chi connectivity index (χ2n) is 4.60. The van der Waals surface area contributed by atoms with E-state index in [9.17, 15) is 14.4 Å². The summed E-state index contributed by atoms with van der Waals surface area (Å²) in [6, 6.07) is 9.82. The van der Waals surface area contributed by atoms with Crippen molar-refractivity contribution in [3.05, 3.63) is 63.0 Å². The van der Waals surface area contributed by atoms with E-state index in [1.807, 2.05) is 0 Å². The van der Waals surface area contributed by atoms with Gasteiger partial charge in [0, 0.05) is 35.0 Å². The molecule has 0 aliphatic heterocycles. The maximum Gasteiger partial charge on any atom is 0.251 e. The van der Waals surface area contributed by atoms with Crippen molar-refractivity contribution in [3.8, 4) is 0 Å². The Balaban J connectivity index is 1.90. The number of rotatable bonds is 4. The summed E-state index contributed by atoms with van der Waals surface area (Å²) in [5.74, 6) is -0.817. The third kappa shape index (κ3) is 4.29. The van der Waals surface area contributed by atoms with Gasteiger partial charge in [0.1, 0.15) is 0 Å². The van der Waals surface area contributed by atoms with Crippen molar-refractivity contribution in [2.45, 2.75) is 0 Å². The largest absolute Gasteiger partial charge is 0.343 e. The van der Waals surface area contributed by atoms with Crippen LogP contribution in [0.2, 0.25) is 0 Å². The number of benzene rings is 1. The molecule has 2 aromatic rings. The predicted octanol–water partition coefficient (Wildman–Crippen LogP) is 1.52. The van der Waals surface area contributed by atoms with Gasteiger partial charge < -0.3 is 15.2 Å². The molecule has 1 aromatic heterocycles. The second-order valence-corrected chi connectivity index (χ2v) is 5.52. The van der Waals surface area contributed by atoms with Crippen molar-refractivity contribution in [2.75, 3.05) is 11.9 Å². The minimum atomic E-state index is -0.469. The fraction of sp³-hybridized carbons (Fsp3) is 0.133. The summed E-state index contributed by atoms with van der Waals surface area (Å²) in [5, 5.41) is 5.12. The average Bonchev–Trinajstić information content (AvgIpc) is 2.50. The number of aryl methyl sites for hydroxylation is 1. The van der Waals surface area contributed by atoms with Crippen LogP contribution in [0.1, 0.15) is 10.4 Å². The van der Waals surface area contributed by atoms with Crippen molar-refractivity contribution in [1.29, 1.82) is 0 Å². The van der Waals surface area contributed by atoms with Gasteiger partial charge in [0.05, 0.1) is 6.54 Å². The molecule has 6 nitrogen and oxygen atoms in total. The van der Waals surface area contributed by atoms with Crippen LogP contribution in [-0.2, 0) is 11.8 Å². The number of aromatic nitrogens is 1. The smallest absolute Gasteiger partial charge is 0.251 e. The lowest BCUT2D eigenvalue weighted by molar-refractivity contribution is -0.115. The number of halogens is 1. The molecule has 114 valence electrons. The molecule has 2 rings (SSSR count). The Morgan fingerprint density at radius 3 is 2.50 bits per heavy atom. The van der Waals surface area contributed by atoms with Crippen molar-refractivity contribution in [1.82, 2.24) is 9.88 Å². The summed E-state index contributed by atoms with van der Waals surface area (Å²) in [6.07, 6.45) is 1.50. The minimum absolute atomic E-state index is 0.176. The molecule has 0 spiro atoms. The number of pyridine rings is 1. The lowest BCUT2D eigenvalue weighted by atomic mass is 10.2. The summed E-state index contributed by atoms with van der Waals surface area (Å²) in [4.78, 5) is 35.1. The van der Waals surface area contributed by atoms with Gasteiger partial charge in [-0.15, -0.1) is 0 Å². The fourth-order valence-corrected chi connectivity index (χ4v) is 1.96. The lowest BCUT2D eigenvalue weighted by Crippen LogP contribution is -2.33. The van der Waals surface area contributed by atoms with Gasteiger partial charge in [-0.2, -0.15) is 0 Å². The van der Waals surface area contributed by atoms with Crippen LogP contribution >= 0.6 is 15.9 Å². The number of hydrogen-bond donors (Lipinski definition) is 2. The predicted molar refractivity (Wildman–Crippen MR) is 86.8 cm³/mol. The van der Waals surface area contributed by atoms with Gasteiger partial charge in [0.25, 0.3) is 11.5 Å². The van der Waals surface area contributed by atoms with E-state index in [4.69, 9.17) is 0 Å². The number of carbonyl (C=O) groups excluding carboxylic acids is 2. The third-order valence-corrected chi connectivity index (χ3v) is 3.43. The summed E-state index contributed by atoms with van der Waals surface area (Å²) in [7, 11) is 1.59. The Morgan fingerprint density at radius 1 is 1.18 bits per heavy atom. The number of nitrogens with one attached hydrogen (secondary N) is 2. The van der Waals surface area contributed by atoms with Crippen LogP contribution in [0.5, 0.6) is 0 Å². The highest BCUT2D eigenvalue weighted by molar-refractivity contribution is 9.10. The van der Waals surface area contributed by atoms with E-state index in [1.165, 1.54) is 22.9 Å². The molecule has 0 radical (unpaired) electrons. The maximum atomic E-state index is 11.9. The van der Waals surface area contributed by atoms with Crippen LogP contribution < -0.4 is 16.2 Å². The van der Waals surface area contributed by atoms with Gasteiger partial charge in [0.15, 0.2) is 0 Å². The van der Waals surface area contributed by atoms with Gasteiger partial charge in [-0.1, -0.05) is 15.9 Å². The first kappa shape index (κ1) is 16.0. The number of anilines is 1. The first-order chi connectivity index (χ1) is 10.5. The first-order valence-corrected chi connectivity index (χ1v) is 7.25. The molecule has 0 aliphatic rings. The molecule has 2 amide bonds. The fourth-order valence-electron chi connectivity index (χ4n) is 1.69. The van der Waals surface area contributed by atoms with E-state index in [2.05, 4.69) is 26.6 Å². The highest BCUT2D eigenvalue weighted by Crippen LogP contribution is 2.13. The Kier molecular flexibility index (Phi) is 5.11. The maximum absolute atomic E-state index is 11.9. The zero-order chi connectivity index (χ0) is 16.1. The topological polar surface area (TPSA) is 80.2 Å². The average molecular weight is 364 g/mol. The molecule has 0 bridgehead atoms. The van der Waals surface area contributed by atoms with Gasteiger partial charge in [-0.05, 0) is 30.3 Å². The van der Waals surface area contributed by atoms with Crippen LogP contribution in [0.4, 0.5) is 5.69 Å². The van der Waals surface area contributed by atoms with Gasteiger partial charge in [0.2, 0.25) is 5.91 Å². The molecular formula is C15H14BrN3O3. The van der Waals surface area contributed by atoms with Crippen molar-refractivity contribution in [2.24, 2.45) is 7.05 Å². The number of carbonyl (C=O) groups is 2. The highest BCUT2D eigenvalue weighted by Gasteiger charge is 2.09. The number of nitrogens with zero attached hydrogens (tertiary/aromatic N) is 1. The molecular weight excluding hydrogens is 350 g/mol. The van der Waals surface area contributed by atoms with Crippen LogP contribution in [-0.4, -0.2) is 22.9 Å². The molecule has 0 saturated carbocycles. The van der Waals surface area contributed by atoms with E-state index in [1.54, 1.807) is 31.3 Å². The van der Waals surface area contributed by atoms with Crippen LogP contribution in [0.25, 0.3) is 0 Å². The lowest BCUT2D eigenvalue weighted by Gasteiger charge is -2.07. The Morgan fingerprint density at radius 2 is 1.86 bits per heavy atom. The van der Waals surface area contributed by atoms with E-state index < -0.39 is 5.91 Å². The van der Waals surface area contributed by atoms with E-state index in [0.29, 0.717) is 5.69 Å². The van der Waals surface area contributed by atoms with E-state index >= 15 is 0 Å². The number of amides is 2. The molecule has 7 heteroatoms. The molecule has 0 aliphatic carbocycles. The molecule has 22 heavy (non-hydrogen) atoms. The Labute approximate surface area is 135 Å². The first-order valence-electron chi connectivity index (χ1n) is 6.46. The molecule has 0 fully saturated rings. The molecule has 0 atom stereocenters. The molecule has 0 saturated heterocycles. The summed E-state index contributed by atoms with van der Waals surface area (Å²) in [5.41, 5.74) is 0.572. The van der Waals surface area contributed by atoms with Crippen molar-refractivity contribution >= 4 is 33.4 Å². The van der Waals surface area contributed by atoms with E-state index in [0.717, 1.165) is 4.47 Å². The monoisotopic (exact) mass is 363 g/mol. The second kappa shape index (κ2) is 7.04. The molecule has 0 unspecified atom stereocenters. The SMILES string of the molecule is Cn1ccc(C(=O)NCC(=O)Nc2ccc(Br)cc2)cc1=O. The standard InChI is InChI=1S/C15H14BrN3O3/c1-19-7-6-10(8-14(19)21)15(22)17-9-13(20)18-12-4-2-11(16)3-5-12/h2-8H,9H2,1H3,(H,17,22)(H,18,20). The van der Waals surface area contributed by atoms with Crippen LogP contribution in [0.15, 0.2) is 51.9 Å². The molecule has 2 N–H and O–H groups in total. The van der Waals surface area contributed by atoms with Crippen molar-refractivity contribution in [3.63, 3.8) is 0 Å². The molecule has 1 aromatic carbocycles. The zero-order valence-corrected chi connectivity index (χ0v) is 13.4. The van der Waals surface area contributed by atoms with Gasteiger partial charge >= 0.3 is 0 Å². The van der Waals surface area contributed by atoms with Crippen molar-refractivity contribution < 1.29 is 9.59 Å². The van der Waals surface area contributed by atoms with Gasteiger partial charge in [-0.3, -0.25) is 14.4 Å². The van der Waals surface area contributed by atoms with Gasteiger partial charge in [-0.25, -0.2) is 0 Å². The third-order valence-electron chi connectivity index (χ3n) is 2.90. The highest BCUT2D eigenvalue weighted by atomic mass is 79.9.